The van der Waals surface area contributed by atoms with Crippen LogP contribution in [-0.4, -0.2) is 47.4 Å². The minimum Gasteiger partial charge on any atom is -0.466 e. The molecular weight excluding hydrogens is 851 g/mol. The number of aliphatic hydroxyl groups excluding tert-OH is 2. The van der Waals surface area contributed by atoms with Gasteiger partial charge in [-0.1, -0.05) is 295 Å². The van der Waals surface area contributed by atoms with Crippen LogP contribution in [0.25, 0.3) is 0 Å². The maximum atomic E-state index is 12.4. The van der Waals surface area contributed by atoms with Crippen LogP contribution in [0.5, 0.6) is 0 Å². The van der Waals surface area contributed by atoms with Crippen molar-refractivity contribution >= 4 is 11.9 Å². The second kappa shape index (κ2) is 58.9. The molecule has 0 rings (SSSR count). The SMILES string of the molecule is CCCCC/C=C\C/C=C\CCCCCCCCCC(=O)OCCCCCCCCCCCCCCCCCCCCCCCCCCCC(=O)NC(CO)C(O)CCCCCCCCCCCC. The van der Waals surface area contributed by atoms with Crippen molar-refractivity contribution in [3.05, 3.63) is 24.3 Å². The summed E-state index contributed by atoms with van der Waals surface area (Å²) in [5, 5.41) is 23.2. The molecule has 0 aliphatic carbocycles. The molecular formula is C63H121NO5. The molecule has 3 N–H and O–H groups in total. The van der Waals surface area contributed by atoms with Crippen LogP contribution >= 0.6 is 0 Å². The van der Waals surface area contributed by atoms with Gasteiger partial charge in [0, 0.05) is 12.8 Å². The summed E-state index contributed by atoms with van der Waals surface area (Å²) in [7, 11) is 0. The monoisotopic (exact) mass is 972 g/mol. The number of rotatable bonds is 58. The quantitative estimate of drug-likeness (QED) is 0.0321. The minimum atomic E-state index is -0.661. The molecule has 0 aromatic carbocycles. The lowest BCUT2D eigenvalue weighted by Gasteiger charge is -2.22. The molecule has 2 atom stereocenters. The molecule has 69 heavy (non-hydrogen) atoms. The van der Waals surface area contributed by atoms with Crippen LogP contribution in [0.4, 0.5) is 0 Å². The summed E-state index contributed by atoms with van der Waals surface area (Å²) in [4.78, 5) is 24.5. The summed E-state index contributed by atoms with van der Waals surface area (Å²) >= 11 is 0. The van der Waals surface area contributed by atoms with Gasteiger partial charge in [-0.15, -0.1) is 0 Å². The lowest BCUT2D eigenvalue weighted by molar-refractivity contribution is -0.143. The molecule has 0 aromatic heterocycles. The van der Waals surface area contributed by atoms with Crippen LogP contribution in [-0.2, 0) is 14.3 Å². The van der Waals surface area contributed by atoms with E-state index in [1.165, 1.54) is 257 Å². The smallest absolute Gasteiger partial charge is 0.305 e. The largest absolute Gasteiger partial charge is 0.466 e. The van der Waals surface area contributed by atoms with Gasteiger partial charge in [0.15, 0.2) is 0 Å². The first-order valence-electron chi connectivity index (χ1n) is 31.1. The number of hydrogen-bond donors (Lipinski definition) is 3. The van der Waals surface area contributed by atoms with E-state index in [-0.39, 0.29) is 18.5 Å². The Labute approximate surface area is 431 Å². The number of hydrogen-bond acceptors (Lipinski definition) is 5. The van der Waals surface area contributed by atoms with Gasteiger partial charge in [0.25, 0.3) is 0 Å². The standard InChI is InChI=1S/C63H121NO5/c1-3-5-7-9-11-13-15-16-17-27-31-34-37-41-45-49-53-57-63(68)69-58-54-50-46-42-38-35-32-29-26-24-22-20-18-19-21-23-25-28-30-33-36-40-44-48-52-56-62(67)64-60(59-65)61(66)55-51-47-43-39-14-12-10-8-6-4-2/h11,13,16-17,60-61,65-66H,3-10,12,14-15,18-59H2,1-2H3,(H,64,67)/b13-11-,17-16-. The molecule has 6 nitrogen and oxygen atoms in total. The third-order valence-electron chi connectivity index (χ3n) is 14.5. The van der Waals surface area contributed by atoms with Gasteiger partial charge in [0.05, 0.1) is 25.4 Å². The number of ether oxygens (including phenoxy) is 1. The van der Waals surface area contributed by atoms with E-state index < -0.39 is 12.1 Å². The van der Waals surface area contributed by atoms with E-state index >= 15 is 0 Å². The van der Waals surface area contributed by atoms with Crippen molar-refractivity contribution in [2.45, 2.75) is 353 Å². The highest BCUT2D eigenvalue weighted by molar-refractivity contribution is 5.76. The van der Waals surface area contributed by atoms with Crippen molar-refractivity contribution in [2.24, 2.45) is 0 Å². The molecule has 6 heteroatoms. The summed E-state index contributed by atoms with van der Waals surface area (Å²) in [5.41, 5.74) is 0. The third-order valence-corrected chi connectivity index (χ3v) is 14.5. The highest BCUT2D eigenvalue weighted by Gasteiger charge is 2.20. The zero-order chi connectivity index (χ0) is 50.0. The van der Waals surface area contributed by atoms with Gasteiger partial charge >= 0.3 is 5.97 Å². The van der Waals surface area contributed by atoms with Gasteiger partial charge in [-0.2, -0.15) is 0 Å². The molecule has 0 heterocycles. The number of unbranched alkanes of at least 4 members (excludes halogenated alkanes) is 43. The van der Waals surface area contributed by atoms with Crippen LogP contribution in [0.3, 0.4) is 0 Å². The van der Waals surface area contributed by atoms with Gasteiger partial charge in [0.2, 0.25) is 5.91 Å². The average molecular weight is 973 g/mol. The fraction of sp³-hybridized carbons (Fsp3) is 0.905. The number of carbonyl (C=O) groups excluding carboxylic acids is 2. The van der Waals surface area contributed by atoms with Crippen molar-refractivity contribution in [2.75, 3.05) is 13.2 Å². The third kappa shape index (κ3) is 55.5. The van der Waals surface area contributed by atoms with Crippen molar-refractivity contribution in [1.29, 1.82) is 0 Å². The Bertz CT molecular complexity index is 1080. The minimum absolute atomic E-state index is 0.00884. The maximum absolute atomic E-state index is 12.4. The Morgan fingerprint density at radius 1 is 0.406 bits per heavy atom. The van der Waals surface area contributed by atoms with E-state index in [2.05, 4.69) is 43.5 Å². The summed E-state index contributed by atoms with van der Waals surface area (Å²) in [5.74, 6) is -0.0250. The topological polar surface area (TPSA) is 95.9 Å². The Hall–Kier alpha value is -1.66. The number of amides is 1. The number of esters is 1. The van der Waals surface area contributed by atoms with Crippen molar-refractivity contribution < 1.29 is 24.5 Å². The first-order valence-corrected chi connectivity index (χ1v) is 31.1. The maximum Gasteiger partial charge on any atom is 0.305 e. The number of allylic oxidation sites excluding steroid dienone is 4. The molecule has 1 amide bonds. The molecule has 0 radical (unpaired) electrons. The predicted octanol–water partition coefficient (Wildman–Crippen LogP) is 19.4. The van der Waals surface area contributed by atoms with Crippen LogP contribution in [0.1, 0.15) is 341 Å². The van der Waals surface area contributed by atoms with Crippen LogP contribution in [0.15, 0.2) is 24.3 Å². The predicted molar refractivity (Wildman–Crippen MR) is 301 cm³/mol. The highest BCUT2D eigenvalue weighted by atomic mass is 16.5. The van der Waals surface area contributed by atoms with Gasteiger partial charge in [-0.05, 0) is 57.8 Å². The van der Waals surface area contributed by atoms with Crippen molar-refractivity contribution in [1.82, 2.24) is 5.32 Å². The van der Waals surface area contributed by atoms with Gasteiger partial charge < -0.3 is 20.3 Å². The molecule has 408 valence electrons. The fourth-order valence-electron chi connectivity index (χ4n) is 9.73. The van der Waals surface area contributed by atoms with Gasteiger partial charge in [0.1, 0.15) is 0 Å². The first kappa shape index (κ1) is 67.3. The summed E-state index contributed by atoms with van der Waals surface area (Å²) < 4.78 is 5.49. The van der Waals surface area contributed by atoms with E-state index in [1.54, 1.807) is 0 Å². The molecule has 0 saturated heterocycles. The van der Waals surface area contributed by atoms with E-state index in [9.17, 15) is 19.8 Å². The zero-order valence-corrected chi connectivity index (χ0v) is 46.6. The molecule has 0 aromatic rings. The van der Waals surface area contributed by atoms with Crippen LogP contribution < -0.4 is 5.32 Å². The molecule has 0 spiro atoms. The Balaban J connectivity index is 3.33. The molecule has 0 saturated carbocycles. The number of carbonyl (C=O) groups is 2. The lowest BCUT2D eigenvalue weighted by Crippen LogP contribution is -2.45. The fourth-order valence-corrected chi connectivity index (χ4v) is 9.73. The average Bonchev–Trinajstić information content (AvgIpc) is 3.35. The number of aliphatic hydroxyl groups is 2. The Morgan fingerprint density at radius 3 is 1.13 bits per heavy atom. The van der Waals surface area contributed by atoms with Gasteiger partial charge in [-0.25, -0.2) is 0 Å². The molecule has 2 unspecified atom stereocenters. The van der Waals surface area contributed by atoms with Crippen molar-refractivity contribution in [3.63, 3.8) is 0 Å². The highest BCUT2D eigenvalue weighted by Crippen LogP contribution is 2.18. The van der Waals surface area contributed by atoms with Crippen LogP contribution in [0, 0.1) is 0 Å². The van der Waals surface area contributed by atoms with Gasteiger partial charge in [-0.3, -0.25) is 9.59 Å². The normalized spacial score (nSPS) is 12.7. The van der Waals surface area contributed by atoms with E-state index in [1.807, 2.05) is 0 Å². The number of nitrogens with one attached hydrogen (secondary N) is 1. The molecule has 0 fully saturated rings. The second-order valence-corrected chi connectivity index (χ2v) is 21.4. The first-order chi connectivity index (χ1) is 34.0. The zero-order valence-electron chi connectivity index (χ0n) is 46.6. The van der Waals surface area contributed by atoms with E-state index in [4.69, 9.17) is 4.74 Å². The summed E-state index contributed by atoms with van der Waals surface area (Å²) in [6, 6.07) is -0.538. The lowest BCUT2D eigenvalue weighted by atomic mass is 10.0. The van der Waals surface area contributed by atoms with E-state index in [0.717, 1.165) is 51.4 Å². The summed E-state index contributed by atoms with van der Waals surface area (Å²) in [6.45, 7) is 4.93. The second-order valence-electron chi connectivity index (χ2n) is 21.4. The molecule has 0 aliphatic rings. The van der Waals surface area contributed by atoms with Crippen molar-refractivity contribution in [3.8, 4) is 0 Å². The summed E-state index contributed by atoms with van der Waals surface area (Å²) in [6.07, 6.45) is 72.0. The van der Waals surface area contributed by atoms with E-state index in [0.29, 0.717) is 25.9 Å². The van der Waals surface area contributed by atoms with Crippen LogP contribution in [0.2, 0.25) is 0 Å². The molecule has 0 bridgehead atoms. The Kier molecular flexibility index (Phi) is 57.5. The Morgan fingerprint density at radius 2 is 0.725 bits per heavy atom. The molecule has 0 aliphatic heterocycles.